The summed E-state index contributed by atoms with van der Waals surface area (Å²) < 4.78 is 8.53. The summed E-state index contributed by atoms with van der Waals surface area (Å²) in [6.45, 7) is -0.337. The van der Waals surface area contributed by atoms with Gasteiger partial charge in [0.2, 0.25) is 11.9 Å². The van der Waals surface area contributed by atoms with Crippen LogP contribution in [0.15, 0.2) is 53.3 Å². The first-order valence-electron chi connectivity index (χ1n) is 11.0. The molecule has 3 atom stereocenters. The molecule has 0 bridgehead atoms. The second kappa shape index (κ2) is 8.43. The summed E-state index contributed by atoms with van der Waals surface area (Å²) in [5.74, 6) is 0.236. The van der Waals surface area contributed by atoms with E-state index in [4.69, 9.17) is 15.5 Å². The van der Waals surface area contributed by atoms with E-state index in [2.05, 4.69) is 20.3 Å². The maximum absolute atomic E-state index is 12.5. The number of aliphatic hydroxyl groups excluding tert-OH is 2. The first-order chi connectivity index (χ1) is 17.0. The average Bonchev–Trinajstić information content (AvgIpc) is 3.54. The fraction of sp³-hybridized carbons (Fsp3) is 0.217. The van der Waals surface area contributed by atoms with Crippen LogP contribution in [0.5, 0.6) is 0 Å². The summed E-state index contributed by atoms with van der Waals surface area (Å²) in [4.78, 5) is 28.3. The van der Waals surface area contributed by atoms with E-state index >= 15 is 0 Å². The normalized spacial score (nSPS) is 20.1. The van der Waals surface area contributed by atoms with Crippen LogP contribution in [-0.4, -0.2) is 53.5 Å². The minimum atomic E-state index is -0.872. The number of nitrogens with one attached hydrogen (secondary N) is 2. The van der Waals surface area contributed by atoms with Crippen LogP contribution < -0.4 is 16.6 Å². The highest BCUT2D eigenvalue weighted by Gasteiger charge is 2.37. The zero-order valence-electron chi connectivity index (χ0n) is 18.3. The van der Waals surface area contributed by atoms with Crippen molar-refractivity contribution in [3.05, 3.63) is 58.9 Å². The zero-order valence-corrected chi connectivity index (χ0v) is 19.1. The van der Waals surface area contributed by atoms with Gasteiger partial charge >= 0.3 is 0 Å². The highest BCUT2D eigenvalue weighted by atomic mass is 32.1. The molecule has 3 aromatic heterocycles. The number of aliphatic hydroxyl groups is 2. The van der Waals surface area contributed by atoms with Gasteiger partial charge < -0.3 is 26.0 Å². The van der Waals surface area contributed by atoms with Crippen LogP contribution in [0.3, 0.4) is 0 Å². The van der Waals surface area contributed by atoms with Crippen LogP contribution in [0.2, 0.25) is 0 Å². The predicted molar refractivity (Wildman–Crippen MR) is 133 cm³/mol. The number of ether oxygens (including phenoxy) is 1. The molecular weight excluding hydrogens is 470 g/mol. The number of thiazole rings is 1. The Kier molecular flexibility index (Phi) is 5.22. The number of rotatable bonds is 5. The van der Waals surface area contributed by atoms with Crippen molar-refractivity contribution in [2.75, 3.05) is 17.7 Å². The van der Waals surface area contributed by atoms with Crippen LogP contribution in [0.1, 0.15) is 12.6 Å². The van der Waals surface area contributed by atoms with Crippen molar-refractivity contribution >= 4 is 50.3 Å². The van der Waals surface area contributed by atoms with Gasteiger partial charge in [0.15, 0.2) is 11.2 Å². The lowest BCUT2D eigenvalue weighted by Crippen LogP contribution is -2.24. The lowest BCUT2D eigenvalue weighted by atomic mass is 10.2. The summed E-state index contributed by atoms with van der Waals surface area (Å²) in [5, 5.41) is 23.9. The molecule has 0 saturated carbocycles. The Morgan fingerprint density at radius 3 is 2.71 bits per heavy atom. The number of anilines is 3. The molecule has 35 heavy (non-hydrogen) atoms. The topological polar surface area (TPSA) is 164 Å². The van der Waals surface area contributed by atoms with Crippen molar-refractivity contribution < 1.29 is 14.9 Å². The highest BCUT2D eigenvalue weighted by molar-refractivity contribution is 7.21. The van der Waals surface area contributed by atoms with Gasteiger partial charge in [-0.15, -0.1) is 11.3 Å². The first-order valence-corrected chi connectivity index (χ1v) is 11.8. The van der Waals surface area contributed by atoms with E-state index in [0.29, 0.717) is 11.6 Å². The smallest absolute Gasteiger partial charge is 0.280 e. The third kappa shape index (κ3) is 3.82. The van der Waals surface area contributed by atoms with Crippen molar-refractivity contribution in [3.63, 3.8) is 0 Å². The number of hydrogen-bond donors (Lipinski definition) is 5. The van der Waals surface area contributed by atoms with Gasteiger partial charge in [-0.05, 0) is 36.4 Å². The molecule has 6 rings (SSSR count). The minimum absolute atomic E-state index is 0.0624. The Morgan fingerprint density at radius 1 is 1.17 bits per heavy atom. The van der Waals surface area contributed by atoms with E-state index in [1.54, 1.807) is 15.9 Å². The lowest BCUT2D eigenvalue weighted by molar-refractivity contribution is -0.0425. The molecule has 2 aromatic carbocycles. The highest BCUT2D eigenvalue weighted by Crippen LogP contribution is 2.35. The van der Waals surface area contributed by atoms with Gasteiger partial charge in [-0.3, -0.25) is 14.3 Å². The minimum Gasteiger partial charge on any atom is -0.394 e. The number of imidazole rings is 1. The van der Waals surface area contributed by atoms with Crippen molar-refractivity contribution in [1.29, 1.82) is 0 Å². The van der Waals surface area contributed by atoms with Crippen molar-refractivity contribution in [2.24, 2.45) is 0 Å². The fourth-order valence-corrected chi connectivity index (χ4v) is 5.19. The Bertz CT molecular complexity index is 1560. The number of H-pyrrole nitrogens is 1. The van der Waals surface area contributed by atoms with Gasteiger partial charge in [0.25, 0.3) is 5.56 Å². The quantitative estimate of drug-likeness (QED) is 0.248. The average molecular weight is 492 g/mol. The Labute approximate surface area is 201 Å². The predicted octanol–water partition coefficient (Wildman–Crippen LogP) is 2.36. The molecule has 0 radical (unpaired) electrons. The molecule has 0 spiro atoms. The van der Waals surface area contributed by atoms with Gasteiger partial charge in [0.1, 0.15) is 17.3 Å². The van der Waals surface area contributed by atoms with Crippen LogP contribution in [0, 0.1) is 0 Å². The monoisotopic (exact) mass is 491 g/mol. The van der Waals surface area contributed by atoms with Crippen molar-refractivity contribution in [3.8, 4) is 10.6 Å². The molecule has 0 unspecified atom stereocenters. The molecule has 178 valence electrons. The van der Waals surface area contributed by atoms with Gasteiger partial charge in [0.05, 0.1) is 22.9 Å². The Balaban J connectivity index is 1.36. The maximum atomic E-state index is 12.5. The number of hydrogen-bond acceptors (Lipinski definition) is 10. The summed E-state index contributed by atoms with van der Waals surface area (Å²) in [6, 6.07) is 15.7. The SMILES string of the molecule is Nc1nc2c(nc(Nc3ccc(-c4nc5ccccc5s4)cc3)n2[C@H]2C[C@H](O)[C@@H](CO)O2)c(=O)[nH]1. The van der Waals surface area contributed by atoms with Crippen LogP contribution in [0.25, 0.3) is 32.0 Å². The van der Waals surface area contributed by atoms with Gasteiger partial charge in [0, 0.05) is 17.7 Å². The fourth-order valence-electron chi connectivity index (χ4n) is 4.22. The number of aromatic nitrogens is 5. The number of aromatic amines is 1. The van der Waals surface area contributed by atoms with Crippen molar-refractivity contribution in [1.82, 2.24) is 24.5 Å². The van der Waals surface area contributed by atoms with E-state index in [9.17, 15) is 15.0 Å². The molecule has 5 aromatic rings. The van der Waals surface area contributed by atoms with Crippen LogP contribution >= 0.6 is 11.3 Å². The van der Waals surface area contributed by atoms with E-state index in [0.717, 1.165) is 20.8 Å². The van der Waals surface area contributed by atoms with Crippen molar-refractivity contribution in [2.45, 2.75) is 24.9 Å². The molecule has 0 amide bonds. The summed E-state index contributed by atoms with van der Waals surface area (Å²) in [7, 11) is 0. The van der Waals surface area contributed by atoms with Crippen LogP contribution in [-0.2, 0) is 4.74 Å². The number of fused-ring (bicyclic) bond motifs is 2. The third-order valence-electron chi connectivity index (χ3n) is 5.92. The standard InChI is InChI=1S/C23H21N7O4S/c24-22-28-19-18(20(33)29-22)27-23(30(19)17-9-14(32)15(10-31)34-17)25-12-7-5-11(6-8-12)21-26-13-3-1-2-4-16(13)35-21/h1-8,14-15,17,31-32H,9-10H2,(H,25,27)(H3,24,28,29,33)/t14-,15+,17+/m0/s1. The zero-order chi connectivity index (χ0) is 24.1. The molecule has 6 N–H and O–H groups in total. The second-order valence-corrected chi connectivity index (χ2v) is 9.26. The molecule has 1 aliphatic rings. The summed E-state index contributed by atoms with van der Waals surface area (Å²) in [5.41, 5.74) is 8.23. The van der Waals surface area contributed by atoms with Gasteiger partial charge in [-0.25, -0.2) is 9.97 Å². The van der Waals surface area contributed by atoms with E-state index in [1.807, 2.05) is 48.5 Å². The summed E-state index contributed by atoms with van der Waals surface area (Å²) in [6.07, 6.45) is -2.14. The first kappa shape index (κ1) is 21.7. The maximum Gasteiger partial charge on any atom is 0.280 e. The number of benzene rings is 2. The Morgan fingerprint density at radius 2 is 1.97 bits per heavy atom. The van der Waals surface area contributed by atoms with Gasteiger partial charge in [-0.1, -0.05) is 12.1 Å². The summed E-state index contributed by atoms with van der Waals surface area (Å²) >= 11 is 1.62. The molecule has 1 saturated heterocycles. The molecule has 0 aliphatic carbocycles. The molecule has 1 aliphatic heterocycles. The van der Waals surface area contributed by atoms with E-state index in [1.165, 1.54) is 0 Å². The van der Waals surface area contributed by atoms with E-state index < -0.39 is 24.0 Å². The van der Waals surface area contributed by atoms with Crippen LogP contribution in [0.4, 0.5) is 17.6 Å². The molecule has 12 heteroatoms. The number of nitrogens with two attached hydrogens (primary N) is 1. The number of nitrogens with zero attached hydrogens (tertiary/aromatic N) is 4. The van der Waals surface area contributed by atoms with Gasteiger partial charge in [-0.2, -0.15) is 4.98 Å². The lowest BCUT2D eigenvalue weighted by Gasteiger charge is -2.17. The second-order valence-electron chi connectivity index (χ2n) is 8.23. The molecule has 4 heterocycles. The third-order valence-corrected chi connectivity index (χ3v) is 7.01. The molecule has 11 nitrogen and oxygen atoms in total. The number of nitrogen functional groups attached to an aromatic ring is 1. The van der Waals surface area contributed by atoms with E-state index in [-0.39, 0.29) is 30.1 Å². The Hall–Kier alpha value is -3.84. The molecular formula is C23H21N7O4S. The molecule has 1 fully saturated rings. The largest absolute Gasteiger partial charge is 0.394 e. The number of para-hydroxylation sites is 1.